The number of nitro benzene ring substituents is 1. The molecule has 246 valence electrons. The fourth-order valence-electron chi connectivity index (χ4n) is 5.19. The number of carbonyl (C=O) groups excluding carboxylic acids is 2. The van der Waals surface area contributed by atoms with Crippen molar-refractivity contribution < 1.29 is 33.6 Å². The van der Waals surface area contributed by atoms with Crippen LogP contribution in [0.1, 0.15) is 56.6 Å². The van der Waals surface area contributed by atoms with Crippen molar-refractivity contribution in [2.45, 2.75) is 68.8 Å². The number of nitrogens with zero attached hydrogens (tertiary/aromatic N) is 2. The fourth-order valence-corrected chi connectivity index (χ4v) is 6.04. The molecule has 0 radical (unpaired) electrons. The number of unbranched alkanes of at least 4 members (excludes halogenated alkanes) is 3. The lowest BCUT2D eigenvalue weighted by atomic mass is 10.0. The average Bonchev–Trinajstić information content (AvgIpc) is 3.54. The number of ether oxygens (including phenoxy) is 2. The van der Waals surface area contributed by atoms with E-state index in [0.29, 0.717) is 36.0 Å². The maximum atomic E-state index is 12.8. The number of oxazole rings is 1. The fraction of sp³-hybridized carbons (Fsp3) is 0.324. The molecule has 1 aromatic heterocycles. The van der Waals surface area contributed by atoms with Crippen LogP contribution in [0.5, 0.6) is 0 Å². The summed E-state index contributed by atoms with van der Waals surface area (Å²) >= 11 is 1.40. The first-order valence-corrected chi connectivity index (χ1v) is 16.4. The van der Waals surface area contributed by atoms with Crippen molar-refractivity contribution in [2.24, 2.45) is 0 Å². The van der Waals surface area contributed by atoms with Gasteiger partial charge < -0.3 is 19.2 Å². The molecule has 1 fully saturated rings. The van der Waals surface area contributed by atoms with Crippen LogP contribution >= 0.6 is 11.8 Å². The summed E-state index contributed by atoms with van der Waals surface area (Å²) in [6.45, 7) is 0. The molecule has 0 spiro atoms. The van der Waals surface area contributed by atoms with Crippen molar-refractivity contribution in [1.82, 2.24) is 15.8 Å². The minimum atomic E-state index is -1.03. The van der Waals surface area contributed by atoms with E-state index >= 15 is 0 Å². The Bertz CT molecular complexity index is 1560. The Morgan fingerprint density at radius 3 is 2.15 bits per heavy atom. The van der Waals surface area contributed by atoms with E-state index in [9.17, 15) is 19.7 Å². The normalized spacial score (nSPS) is 17.6. The van der Waals surface area contributed by atoms with E-state index < -0.39 is 23.3 Å². The summed E-state index contributed by atoms with van der Waals surface area (Å²) in [5.41, 5.74) is 4.89. The number of nitro groups is 1. The van der Waals surface area contributed by atoms with Gasteiger partial charge in [0.15, 0.2) is 5.76 Å². The van der Waals surface area contributed by atoms with Gasteiger partial charge in [0.1, 0.15) is 5.69 Å². The predicted octanol–water partition coefficient (Wildman–Crippen LogP) is 6.80. The molecule has 3 N–H and O–H groups in total. The number of rotatable bonds is 15. The third-order valence-electron chi connectivity index (χ3n) is 7.60. The topological polar surface area (TPSA) is 166 Å². The van der Waals surface area contributed by atoms with E-state index in [2.05, 4.69) is 5.32 Å². The summed E-state index contributed by atoms with van der Waals surface area (Å²) in [6.07, 6.45) is 1.75. The lowest BCUT2D eigenvalue weighted by molar-refractivity contribution is -0.384. The Kier molecular flexibility index (Phi) is 12.1. The van der Waals surface area contributed by atoms with Crippen molar-refractivity contribution >= 4 is 29.3 Å². The highest BCUT2D eigenvalue weighted by Gasteiger charge is 2.33. The van der Waals surface area contributed by atoms with Gasteiger partial charge >= 0.3 is 0 Å². The number of aromatic nitrogens is 1. The summed E-state index contributed by atoms with van der Waals surface area (Å²) in [5, 5.41) is 23.1. The van der Waals surface area contributed by atoms with Crippen molar-refractivity contribution in [3.63, 3.8) is 0 Å². The van der Waals surface area contributed by atoms with Crippen LogP contribution in [0.4, 0.5) is 5.69 Å². The zero-order chi connectivity index (χ0) is 33.0. The number of hydrogen-bond acceptors (Lipinski definition) is 10. The predicted molar refractivity (Wildman–Crippen MR) is 174 cm³/mol. The number of carbonyl (C=O) groups is 2. The van der Waals surface area contributed by atoms with Gasteiger partial charge in [0.2, 0.25) is 18.2 Å². The molecular weight excluding hydrogens is 624 g/mol. The molecule has 0 saturated carbocycles. The molecule has 47 heavy (non-hydrogen) atoms. The van der Waals surface area contributed by atoms with Gasteiger partial charge in [0.25, 0.3) is 10.9 Å². The number of amides is 2. The third kappa shape index (κ3) is 9.72. The molecule has 12 nitrogen and oxygen atoms in total. The number of benzene rings is 3. The Morgan fingerprint density at radius 2 is 1.51 bits per heavy atom. The third-order valence-corrected chi connectivity index (χ3v) is 8.56. The van der Waals surface area contributed by atoms with Gasteiger partial charge in [-0.15, -0.1) is 0 Å². The van der Waals surface area contributed by atoms with Crippen molar-refractivity contribution in [3.8, 4) is 22.6 Å². The molecule has 0 bridgehead atoms. The smallest absolute Gasteiger partial charge is 0.269 e. The maximum Gasteiger partial charge on any atom is 0.269 e. The van der Waals surface area contributed by atoms with Gasteiger partial charge in [-0.25, -0.2) is 10.5 Å². The molecular formula is C34H36N4O8S. The highest BCUT2D eigenvalue weighted by Crippen LogP contribution is 2.38. The molecule has 1 aliphatic rings. The molecule has 3 atom stereocenters. The van der Waals surface area contributed by atoms with Crippen LogP contribution in [0, 0.1) is 10.1 Å². The second kappa shape index (κ2) is 16.8. The molecule has 4 aromatic rings. The van der Waals surface area contributed by atoms with E-state index in [1.807, 2.05) is 60.7 Å². The van der Waals surface area contributed by atoms with Crippen LogP contribution in [-0.4, -0.2) is 45.2 Å². The Hall–Kier alpha value is -4.56. The van der Waals surface area contributed by atoms with Gasteiger partial charge in [-0.2, -0.15) is 0 Å². The second-order valence-corrected chi connectivity index (χ2v) is 12.0. The molecule has 2 amide bonds. The second-order valence-electron chi connectivity index (χ2n) is 11.0. The Labute approximate surface area is 276 Å². The van der Waals surface area contributed by atoms with Crippen LogP contribution in [0.15, 0.2) is 94.6 Å². The summed E-state index contributed by atoms with van der Waals surface area (Å²) in [5.74, 6) is 0.439. The maximum absolute atomic E-state index is 12.8. The van der Waals surface area contributed by atoms with Crippen molar-refractivity contribution in [3.05, 3.63) is 101 Å². The largest absolute Gasteiger partial charge is 0.431 e. The molecule has 13 heteroatoms. The number of hydroxylamine groups is 1. The minimum Gasteiger partial charge on any atom is -0.431 e. The van der Waals surface area contributed by atoms with Crippen LogP contribution in [-0.2, 0) is 19.1 Å². The van der Waals surface area contributed by atoms with E-state index in [0.717, 1.165) is 35.2 Å². The lowest BCUT2D eigenvalue weighted by Gasteiger charge is -2.35. The summed E-state index contributed by atoms with van der Waals surface area (Å²) in [7, 11) is 0. The standard InChI is InChI=1S/C34H36N4O8S/c39-29(15-9-1-2-10-16-30(40)37-41)35-33-44-27(21-28(45-33)23-17-19-26(20-18-23)38(42)43)22-47-34-36-31(24-11-5-3-6-12-24)32(46-34)25-13-7-4-8-14-25/h3-8,11-14,17-20,27-28,33,41H,1-2,9-10,15-16,21-22H2,(H,35,39)(H,37,40). The molecule has 1 aliphatic heterocycles. The average molecular weight is 661 g/mol. The van der Waals surface area contributed by atoms with Gasteiger partial charge in [-0.1, -0.05) is 85.3 Å². The number of non-ortho nitro benzene ring substituents is 1. The van der Waals surface area contributed by atoms with E-state index in [4.69, 9.17) is 24.1 Å². The molecule has 0 aliphatic carbocycles. The highest BCUT2D eigenvalue weighted by molar-refractivity contribution is 7.99. The van der Waals surface area contributed by atoms with Gasteiger partial charge in [0.05, 0.1) is 17.1 Å². The first kappa shape index (κ1) is 33.8. The van der Waals surface area contributed by atoms with Crippen LogP contribution in [0.25, 0.3) is 22.6 Å². The van der Waals surface area contributed by atoms with Gasteiger partial charge in [-0.05, 0) is 30.5 Å². The van der Waals surface area contributed by atoms with E-state index in [-0.39, 0.29) is 30.5 Å². The van der Waals surface area contributed by atoms with Crippen molar-refractivity contribution in [2.75, 3.05) is 5.75 Å². The Balaban J connectivity index is 1.25. The summed E-state index contributed by atoms with van der Waals surface area (Å²) < 4.78 is 18.5. The van der Waals surface area contributed by atoms with Crippen LogP contribution in [0.3, 0.4) is 0 Å². The van der Waals surface area contributed by atoms with E-state index in [1.165, 1.54) is 23.9 Å². The van der Waals surface area contributed by atoms with Gasteiger partial charge in [0, 0.05) is 48.3 Å². The van der Waals surface area contributed by atoms with Crippen LogP contribution in [0.2, 0.25) is 0 Å². The highest BCUT2D eigenvalue weighted by atomic mass is 32.2. The lowest BCUT2D eigenvalue weighted by Crippen LogP contribution is -2.46. The zero-order valence-corrected chi connectivity index (χ0v) is 26.4. The summed E-state index contributed by atoms with van der Waals surface area (Å²) in [6, 6.07) is 25.8. The number of nitrogens with one attached hydrogen (secondary N) is 2. The minimum absolute atomic E-state index is 0.0258. The van der Waals surface area contributed by atoms with Crippen molar-refractivity contribution in [1.29, 1.82) is 0 Å². The number of hydrogen-bond donors (Lipinski definition) is 3. The summed E-state index contributed by atoms with van der Waals surface area (Å²) in [4.78, 5) is 39.5. The SMILES string of the molecule is O=C(CCCCCCC(=O)NC1OC(CSc2nc(-c3ccccc3)c(-c3ccccc3)o2)CC(c2ccc([N+](=O)[O-])cc2)O1)NO. The number of thioether (sulfide) groups is 1. The first-order chi connectivity index (χ1) is 22.9. The quantitative estimate of drug-likeness (QED) is 0.0406. The Morgan fingerprint density at radius 1 is 0.872 bits per heavy atom. The van der Waals surface area contributed by atoms with E-state index in [1.54, 1.807) is 17.6 Å². The van der Waals surface area contributed by atoms with Gasteiger partial charge in [-0.3, -0.25) is 24.9 Å². The molecule has 5 rings (SSSR count). The first-order valence-electron chi connectivity index (χ1n) is 15.4. The molecule has 3 aromatic carbocycles. The van der Waals surface area contributed by atoms with Crippen LogP contribution < -0.4 is 10.8 Å². The molecule has 1 saturated heterocycles. The monoisotopic (exact) mass is 660 g/mol. The molecule has 3 unspecified atom stereocenters. The zero-order valence-electron chi connectivity index (χ0n) is 25.6. The molecule has 2 heterocycles.